The van der Waals surface area contributed by atoms with E-state index in [1.165, 1.54) is 0 Å². The number of carbonyl (C=O) groups excluding carboxylic acids is 2. The Morgan fingerprint density at radius 1 is 1.37 bits per heavy atom. The van der Waals surface area contributed by atoms with Gasteiger partial charge in [-0.25, -0.2) is 5.43 Å². The van der Waals surface area contributed by atoms with Crippen LogP contribution in [0.15, 0.2) is 43.0 Å². The predicted octanol–water partition coefficient (Wildman–Crippen LogP) is 0.968. The zero-order valence-corrected chi connectivity index (χ0v) is 10.9. The van der Waals surface area contributed by atoms with E-state index in [9.17, 15) is 9.59 Å². The average Bonchev–Trinajstić information content (AvgIpc) is 2.44. The van der Waals surface area contributed by atoms with Gasteiger partial charge < -0.3 is 4.74 Å². The first kappa shape index (κ1) is 14.9. The quantitative estimate of drug-likeness (QED) is 0.436. The molecule has 0 bridgehead atoms. The van der Waals surface area contributed by atoms with Gasteiger partial charge >= 0.3 is 5.97 Å². The van der Waals surface area contributed by atoms with Crippen molar-refractivity contribution in [2.75, 3.05) is 6.61 Å². The van der Waals surface area contributed by atoms with Crippen molar-refractivity contribution in [2.45, 2.75) is 19.4 Å². The number of nitrogens with one attached hydrogen (secondary N) is 2. The summed E-state index contributed by atoms with van der Waals surface area (Å²) < 4.78 is 4.96. The average molecular weight is 262 g/mol. The molecule has 0 saturated heterocycles. The van der Waals surface area contributed by atoms with Gasteiger partial charge in [0.2, 0.25) is 0 Å². The summed E-state index contributed by atoms with van der Waals surface area (Å²) >= 11 is 0. The standard InChI is InChI=1S/C14H18N2O3/c1-3-13(17)16-15-12(14(18)19-4-2)10-11-8-6-5-7-9-11/h3,5-9,12,15H,1,4,10H2,2H3,(H,16,17)/t12-/m0/s1. The lowest BCUT2D eigenvalue weighted by Crippen LogP contribution is -2.49. The van der Waals surface area contributed by atoms with E-state index in [4.69, 9.17) is 4.74 Å². The summed E-state index contributed by atoms with van der Waals surface area (Å²) in [4.78, 5) is 22.9. The maximum absolute atomic E-state index is 11.8. The Kier molecular flexibility index (Phi) is 6.32. The molecule has 5 nitrogen and oxygen atoms in total. The highest BCUT2D eigenvalue weighted by atomic mass is 16.5. The molecule has 0 spiro atoms. The van der Waals surface area contributed by atoms with Crippen LogP contribution in [-0.2, 0) is 20.7 Å². The number of esters is 1. The largest absolute Gasteiger partial charge is 0.465 e. The molecule has 1 atom stereocenters. The van der Waals surface area contributed by atoms with E-state index in [0.29, 0.717) is 13.0 Å². The maximum Gasteiger partial charge on any atom is 0.325 e. The number of hydrazine groups is 1. The fourth-order valence-electron chi connectivity index (χ4n) is 1.50. The van der Waals surface area contributed by atoms with E-state index in [1.807, 2.05) is 30.3 Å². The number of amides is 1. The van der Waals surface area contributed by atoms with Gasteiger partial charge in [0, 0.05) is 6.42 Å². The normalized spacial score (nSPS) is 11.4. The second kappa shape index (κ2) is 8.05. The van der Waals surface area contributed by atoms with E-state index < -0.39 is 17.9 Å². The highest BCUT2D eigenvalue weighted by molar-refractivity contribution is 5.87. The Morgan fingerprint density at radius 3 is 2.63 bits per heavy atom. The van der Waals surface area contributed by atoms with E-state index in [2.05, 4.69) is 17.4 Å². The summed E-state index contributed by atoms with van der Waals surface area (Å²) in [7, 11) is 0. The van der Waals surface area contributed by atoms with Gasteiger partial charge in [0.15, 0.2) is 0 Å². The van der Waals surface area contributed by atoms with Crippen LogP contribution in [0, 0.1) is 0 Å². The number of ether oxygens (including phenoxy) is 1. The molecule has 0 aliphatic heterocycles. The Hall–Kier alpha value is -2.14. The molecule has 2 N–H and O–H groups in total. The van der Waals surface area contributed by atoms with Gasteiger partial charge in [0.25, 0.3) is 5.91 Å². The van der Waals surface area contributed by atoms with Crippen molar-refractivity contribution in [3.05, 3.63) is 48.6 Å². The molecule has 1 aromatic carbocycles. The van der Waals surface area contributed by atoms with Crippen molar-refractivity contribution >= 4 is 11.9 Å². The monoisotopic (exact) mass is 262 g/mol. The summed E-state index contributed by atoms with van der Waals surface area (Å²) in [6.45, 7) is 5.36. The highest BCUT2D eigenvalue weighted by Crippen LogP contribution is 2.04. The van der Waals surface area contributed by atoms with Crippen molar-refractivity contribution in [3.8, 4) is 0 Å². The molecule has 5 heteroatoms. The van der Waals surface area contributed by atoms with Crippen LogP contribution < -0.4 is 10.9 Å². The van der Waals surface area contributed by atoms with Gasteiger partial charge in [-0.3, -0.25) is 15.0 Å². The molecule has 102 valence electrons. The van der Waals surface area contributed by atoms with Crippen LogP contribution in [0.1, 0.15) is 12.5 Å². The zero-order valence-electron chi connectivity index (χ0n) is 10.9. The molecule has 0 saturated carbocycles. The van der Waals surface area contributed by atoms with Gasteiger partial charge in [-0.15, -0.1) is 0 Å². The summed E-state index contributed by atoms with van der Waals surface area (Å²) in [6.07, 6.45) is 1.55. The zero-order chi connectivity index (χ0) is 14.1. The molecule has 1 amide bonds. The van der Waals surface area contributed by atoms with E-state index in [1.54, 1.807) is 6.92 Å². The fourth-order valence-corrected chi connectivity index (χ4v) is 1.50. The van der Waals surface area contributed by atoms with E-state index in [0.717, 1.165) is 11.6 Å². The molecule has 0 fully saturated rings. The molecule has 1 aromatic rings. The first-order chi connectivity index (χ1) is 9.17. The van der Waals surface area contributed by atoms with Gasteiger partial charge in [-0.2, -0.15) is 0 Å². The molecule has 1 rings (SSSR count). The third kappa shape index (κ3) is 5.35. The van der Waals surface area contributed by atoms with Crippen molar-refractivity contribution in [3.63, 3.8) is 0 Å². The smallest absolute Gasteiger partial charge is 0.325 e. The second-order valence-corrected chi connectivity index (χ2v) is 3.83. The van der Waals surface area contributed by atoms with E-state index >= 15 is 0 Å². The van der Waals surface area contributed by atoms with Gasteiger partial charge in [-0.05, 0) is 18.6 Å². The first-order valence-electron chi connectivity index (χ1n) is 6.05. The summed E-state index contributed by atoms with van der Waals surface area (Å²) in [5.74, 6) is -0.807. The Morgan fingerprint density at radius 2 is 2.05 bits per heavy atom. The van der Waals surface area contributed by atoms with Crippen molar-refractivity contribution in [1.29, 1.82) is 0 Å². The van der Waals surface area contributed by atoms with Crippen LogP contribution >= 0.6 is 0 Å². The van der Waals surface area contributed by atoms with Crippen LogP contribution in [0.5, 0.6) is 0 Å². The van der Waals surface area contributed by atoms with Gasteiger partial charge in [-0.1, -0.05) is 36.9 Å². The molecular weight excluding hydrogens is 244 g/mol. The van der Waals surface area contributed by atoms with Crippen LogP contribution in [0.4, 0.5) is 0 Å². The van der Waals surface area contributed by atoms with Gasteiger partial charge in [0.05, 0.1) is 6.61 Å². The number of hydrogen-bond acceptors (Lipinski definition) is 4. The SMILES string of the molecule is C=CC(=O)NN[C@@H](Cc1ccccc1)C(=O)OCC. The maximum atomic E-state index is 11.8. The van der Waals surface area contributed by atoms with Gasteiger partial charge in [0.1, 0.15) is 6.04 Å². The van der Waals surface area contributed by atoms with Crippen molar-refractivity contribution in [2.24, 2.45) is 0 Å². The minimum Gasteiger partial charge on any atom is -0.465 e. The number of hydrogen-bond donors (Lipinski definition) is 2. The lowest BCUT2D eigenvalue weighted by molar-refractivity contribution is -0.146. The molecular formula is C14H18N2O3. The molecule has 19 heavy (non-hydrogen) atoms. The number of rotatable bonds is 7. The Bertz CT molecular complexity index is 432. The lowest BCUT2D eigenvalue weighted by Gasteiger charge is -2.17. The summed E-state index contributed by atoms with van der Waals surface area (Å²) in [5.41, 5.74) is 6.02. The molecule has 0 aromatic heterocycles. The molecule has 0 aliphatic carbocycles. The third-order valence-corrected chi connectivity index (χ3v) is 2.41. The van der Waals surface area contributed by atoms with Crippen molar-refractivity contribution in [1.82, 2.24) is 10.9 Å². The summed E-state index contributed by atoms with van der Waals surface area (Å²) in [5, 5.41) is 0. The highest BCUT2D eigenvalue weighted by Gasteiger charge is 2.20. The minimum absolute atomic E-state index is 0.293. The van der Waals surface area contributed by atoms with E-state index in [-0.39, 0.29) is 0 Å². The second-order valence-electron chi connectivity index (χ2n) is 3.83. The molecule has 0 heterocycles. The van der Waals surface area contributed by atoms with Crippen LogP contribution in [0.3, 0.4) is 0 Å². The fraction of sp³-hybridized carbons (Fsp3) is 0.286. The lowest BCUT2D eigenvalue weighted by atomic mass is 10.1. The summed E-state index contributed by atoms with van der Waals surface area (Å²) in [6, 6.07) is 8.85. The third-order valence-electron chi connectivity index (χ3n) is 2.41. The Balaban J connectivity index is 2.66. The first-order valence-corrected chi connectivity index (χ1v) is 6.05. The number of benzene rings is 1. The Labute approximate surface area is 112 Å². The van der Waals surface area contributed by atoms with Crippen LogP contribution in [0.2, 0.25) is 0 Å². The van der Waals surface area contributed by atoms with Crippen LogP contribution in [-0.4, -0.2) is 24.5 Å². The minimum atomic E-state index is -0.633. The molecule has 0 radical (unpaired) electrons. The molecule has 0 unspecified atom stereocenters. The van der Waals surface area contributed by atoms with Crippen LogP contribution in [0.25, 0.3) is 0 Å². The number of carbonyl (C=O) groups is 2. The predicted molar refractivity (Wildman–Crippen MR) is 72.0 cm³/mol. The molecule has 0 aliphatic rings. The van der Waals surface area contributed by atoms with Crippen molar-refractivity contribution < 1.29 is 14.3 Å². The topological polar surface area (TPSA) is 67.4 Å².